The summed E-state index contributed by atoms with van der Waals surface area (Å²) in [7, 11) is 1.37. The highest BCUT2D eigenvalue weighted by Gasteiger charge is 2.18. The van der Waals surface area contributed by atoms with E-state index in [0.29, 0.717) is 0 Å². The van der Waals surface area contributed by atoms with Crippen molar-refractivity contribution >= 4 is 5.91 Å². The van der Waals surface area contributed by atoms with Gasteiger partial charge < -0.3 is 11.1 Å². The number of halogens is 2. The highest BCUT2D eigenvalue weighted by Crippen LogP contribution is 2.16. The average molecular weight is 200 g/mol. The third-order valence-electron chi connectivity index (χ3n) is 1.82. The van der Waals surface area contributed by atoms with Gasteiger partial charge in [-0.1, -0.05) is 0 Å². The third kappa shape index (κ3) is 2.05. The molecule has 0 aliphatic rings. The van der Waals surface area contributed by atoms with Crippen LogP contribution >= 0.6 is 0 Å². The van der Waals surface area contributed by atoms with Crippen molar-refractivity contribution in [2.24, 2.45) is 5.73 Å². The minimum Gasteiger partial charge on any atom is -0.358 e. The highest BCUT2D eigenvalue weighted by atomic mass is 19.1. The number of nitrogens with two attached hydrogens (primary N) is 1. The zero-order valence-corrected chi connectivity index (χ0v) is 7.55. The molecule has 3 N–H and O–H groups in total. The fourth-order valence-electron chi connectivity index (χ4n) is 1.05. The second-order valence-corrected chi connectivity index (χ2v) is 2.76. The quantitative estimate of drug-likeness (QED) is 0.738. The Hall–Kier alpha value is -1.49. The number of carbonyl (C=O) groups is 1. The summed E-state index contributed by atoms with van der Waals surface area (Å²) in [6, 6.07) is 1.63. The van der Waals surface area contributed by atoms with Crippen LogP contribution in [0.4, 0.5) is 8.78 Å². The summed E-state index contributed by atoms with van der Waals surface area (Å²) in [5, 5.41) is 2.26. The predicted octanol–water partition coefficient (Wildman–Crippen LogP) is 0.711. The Balaban J connectivity index is 3.05. The van der Waals surface area contributed by atoms with Crippen molar-refractivity contribution in [2.75, 3.05) is 7.05 Å². The Morgan fingerprint density at radius 3 is 2.71 bits per heavy atom. The molecular weight excluding hydrogens is 190 g/mol. The fourth-order valence-corrected chi connectivity index (χ4v) is 1.05. The van der Waals surface area contributed by atoms with E-state index in [1.165, 1.54) is 7.05 Å². The first-order chi connectivity index (χ1) is 6.56. The number of amides is 1. The van der Waals surface area contributed by atoms with E-state index in [9.17, 15) is 13.6 Å². The topological polar surface area (TPSA) is 55.1 Å². The monoisotopic (exact) mass is 200 g/mol. The van der Waals surface area contributed by atoms with Gasteiger partial charge in [-0.15, -0.1) is 0 Å². The summed E-state index contributed by atoms with van der Waals surface area (Å²) in [4.78, 5) is 11.1. The van der Waals surface area contributed by atoms with Crippen LogP contribution in [0.5, 0.6) is 0 Å². The van der Waals surface area contributed by atoms with Gasteiger partial charge in [-0.25, -0.2) is 8.78 Å². The second-order valence-electron chi connectivity index (χ2n) is 2.76. The normalized spacial score (nSPS) is 12.3. The van der Waals surface area contributed by atoms with E-state index < -0.39 is 23.6 Å². The predicted molar refractivity (Wildman–Crippen MR) is 47.4 cm³/mol. The van der Waals surface area contributed by atoms with Gasteiger partial charge in [0.15, 0.2) is 0 Å². The zero-order valence-electron chi connectivity index (χ0n) is 7.55. The van der Waals surface area contributed by atoms with Gasteiger partial charge in [0.2, 0.25) is 5.91 Å². The molecule has 0 aliphatic carbocycles. The SMILES string of the molecule is CNC(=O)C(N)c1cc(F)ccc1F. The first-order valence-electron chi connectivity index (χ1n) is 3.98. The Morgan fingerprint density at radius 1 is 1.50 bits per heavy atom. The van der Waals surface area contributed by atoms with E-state index in [2.05, 4.69) is 5.32 Å². The van der Waals surface area contributed by atoms with Crippen LogP contribution in [0.2, 0.25) is 0 Å². The number of hydrogen-bond acceptors (Lipinski definition) is 2. The Labute approximate surface area is 79.9 Å². The first kappa shape index (κ1) is 10.6. The molecule has 0 saturated heterocycles. The molecule has 0 fully saturated rings. The van der Waals surface area contributed by atoms with E-state index in [1.54, 1.807) is 0 Å². The standard InChI is InChI=1S/C9H10F2N2O/c1-13-9(14)8(12)6-4-5(10)2-3-7(6)11/h2-4,8H,12H2,1H3,(H,13,14). The van der Waals surface area contributed by atoms with Crippen molar-refractivity contribution in [2.45, 2.75) is 6.04 Å². The molecule has 1 unspecified atom stereocenters. The smallest absolute Gasteiger partial charge is 0.241 e. The molecule has 0 heterocycles. The minimum atomic E-state index is -1.18. The molecule has 0 radical (unpaired) electrons. The number of nitrogens with one attached hydrogen (secondary N) is 1. The van der Waals surface area contributed by atoms with Crippen LogP contribution in [0.25, 0.3) is 0 Å². The van der Waals surface area contributed by atoms with Crippen molar-refractivity contribution < 1.29 is 13.6 Å². The molecule has 3 nitrogen and oxygen atoms in total. The maximum absolute atomic E-state index is 13.1. The molecule has 1 atom stereocenters. The van der Waals surface area contributed by atoms with E-state index in [4.69, 9.17) is 5.73 Å². The molecule has 1 rings (SSSR count). The summed E-state index contributed by atoms with van der Waals surface area (Å²) in [6.07, 6.45) is 0. The number of likely N-dealkylation sites (N-methyl/N-ethyl adjacent to an activating group) is 1. The number of hydrogen-bond donors (Lipinski definition) is 2. The van der Waals surface area contributed by atoms with Gasteiger partial charge in [0, 0.05) is 12.6 Å². The lowest BCUT2D eigenvalue weighted by molar-refractivity contribution is -0.122. The fraction of sp³-hybridized carbons (Fsp3) is 0.222. The molecule has 1 aromatic rings. The van der Waals surface area contributed by atoms with Crippen LogP contribution in [-0.2, 0) is 4.79 Å². The van der Waals surface area contributed by atoms with Crippen LogP contribution < -0.4 is 11.1 Å². The summed E-state index contributed by atoms with van der Waals surface area (Å²) in [5.41, 5.74) is 5.25. The van der Waals surface area contributed by atoms with Gasteiger partial charge >= 0.3 is 0 Å². The van der Waals surface area contributed by atoms with Crippen molar-refractivity contribution in [1.82, 2.24) is 5.32 Å². The van der Waals surface area contributed by atoms with Crippen molar-refractivity contribution in [1.29, 1.82) is 0 Å². The first-order valence-corrected chi connectivity index (χ1v) is 3.98. The second kappa shape index (κ2) is 4.15. The molecule has 1 aromatic carbocycles. The largest absolute Gasteiger partial charge is 0.358 e. The van der Waals surface area contributed by atoms with E-state index in [0.717, 1.165) is 18.2 Å². The van der Waals surface area contributed by atoms with Crippen LogP contribution in [-0.4, -0.2) is 13.0 Å². The Morgan fingerprint density at radius 2 is 2.14 bits per heavy atom. The van der Waals surface area contributed by atoms with E-state index in [-0.39, 0.29) is 5.56 Å². The minimum absolute atomic E-state index is 0.149. The van der Waals surface area contributed by atoms with E-state index >= 15 is 0 Å². The van der Waals surface area contributed by atoms with Crippen LogP contribution in [0.3, 0.4) is 0 Å². The Bertz CT molecular complexity index is 355. The lowest BCUT2D eigenvalue weighted by Crippen LogP contribution is -2.32. The summed E-state index contributed by atoms with van der Waals surface area (Å²) in [6.45, 7) is 0. The van der Waals surface area contributed by atoms with Crippen molar-refractivity contribution in [3.63, 3.8) is 0 Å². The molecule has 0 bridgehead atoms. The van der Waals surface area contributed by atoms with E-state index in [1.807, 2.05) is 0 Å². The molecule has 1 amide bonds. The number of benzene rings is 1. The molecule has 76 valence electrons. The molecular formula is C9H10F2N2O. The van der Waals surface area contributed by atoms with Crippen LogP contribution in [0.15, 0.2) is 18.2 Å². The van der Waals surface area contributed by atoms with Gasteiger partial charge in [-0.3, -0.25) is 4.79 Å². The summed E-state index contributed by atoms with van der Waals surface area (Å²) < 4.78 is 25.8. The zero-order chi connectivity index (χ0) is 10.7. The van der Waals surface area contributed by atoms with Gasteiger partial charge in [0.1, 0.15) is 17.7 Å². The Kier molecular flexibility index (Phi) is 3.14. The van der Waals surface area contributed by atoms with Gasteiger partial charge in [-0.2, -0.15) is 0 Å². The molecule has 0 aliphatic heterocycles. The molecule has 14 heavy (non-hydrogen) atoms. The van der Waals surface area contributed by atoms with Crippen LogP contribution in [0.1, 0.15) is 11.6 Å². The van der Waals surface area contributed by atoms with Gasteiger partial charge in [-0.05, 0) is 18.2 Å². The molecule has 0 aromatic heterocycles. The van der Waals surface area contributed by atoms with Gasteiger partial charge in [0.05, 0.1) is 0 Å². The van der Waals surface area contributed by atoms with Crippen molar-refractivity contribution in [3.05, 3.63) is 35.4 Å². The maximum atomic E-state index is 13.1. The maximum Gasteiger partial charge on any atom is 0.241 e. The highest BCUT2D eigenvalue weighted by molar-refractivity contribution is 5.82. The van der Waals surface area contributed by atoms with Gasteiger partial charge in [0.25, 0.3) is 0 Å². The number of carbonyl (C=O) groups excluding carboxylic acids is 1. The molecule has 0 spiro atoms. The average Bonchev–Trinajstić information content (AvgIpc) is 2.19. The third-order valence-corrected chi connectivity index (χ3v) is 1.82. The number of rotatable bonds is 2. The summed E-state index contributed by atoms with van der Waals surface area (Å²) >= 11 is 0. The van der Waals surface area contributed by atoms with Crippen molar-refractivity contribution in [3.8, 4) is 0 Å². The lowest BCUT2D eigenvalue weighted by atomic mass is 10.1. The molecule has 0 saturated carbocycles. The van der Waals surface area contributed by atoms with Crippen LogP contribution in [0, 0.1) is 11.6 Å². The summed E-state index contributed by atoms with van der Waals surface area (Å²) in [5.74, 6) is -1.88. The lowest BCUT2D eigenvalue weighted by Gasteiger charge is -2.10. The molecule has 5 heteroatoms.